The van der Waals surface area contributed by atoms with E-state index < -0.39 is 5.82 Å². The summed E-state index contributed by atoms with van der Waals surface area (Å²) in [4.78, 5) is 7.97. The SMILES string of the molecule is Fc1ccc(Oc2ccnc(Oc3cccc(F)c3)n2)cc1. The molecule has 0 saturated heterocycles. The summed E-state index contributed by atoms with van der Waals surface area (Å²) in [5, 5.41) is 0. The Labute approximate surface area is 125 Å². The normalized spacial score (nSPS) is 10.3. The number of halogens is 2. The summed E-state index contributed by atoms with van der Waals surface area (Å²) in [5.74, 6) is 0.158. The number of hydrogen-bond donors (Lipinski definition) is 0. The van der Waals surface area contributed by atoms with Crippen molar-refractivity contribution in [3.8, 4) is 23.4 Å². The number of nitrogens with zero attached hydrogens (tertiary/aromatic N) is 2. The van der Waals surface area contributed by atoms with Crippen LogP contribution in [0.2, 0.25) is 0 Å². The van der Waals surface area contributed by atoms with E-state index in [-0.39, 0.29) is 23.5 Å². The fourth-order valence-electron chi connectivity index (χ4n) is 1.69. The molecule has 3 rings (SSSR count). The van der Waals surface area contributed by atoms with E-state index >= 15 is 0 Å². The lowest BCUT2D eigenvalue weighted by molar-refractivity contribution is 0.409. The Morgan fingerprint density at radius 1 is 0.773 bits per heavy atom. The molecule has 0 amide bonds. The van der Waals surface area contributed by atoms with E-state index in [1.165, 1.54) is 54.7 Å². The maximum atomic E-state index is 13.1. The minimum atomic E-state index is -0.420. The Kier molecular flexibility index (Phi) is 3.91. The first-order valence-corrected chi connectivity index (χ1v) is 6.39. The van der Waals surface area contributed by atoms with E-state index in [9.17, 15) is 8.78 Å². The fourth-order valence-corrected chi connectivity index (χ4v) is 1.69. The highest BCUT2D eigenvalue weighted by Crippen LogP contribution is 2.23. The third-order valence-electron chi connectivity index (χ3n) is 2.65. The van der Waals surface area contributed by atoms with Crippen LogP contribution in [0.5, 0.6) is 23.4 Å². The van der Waals surface area contributed by atoms with Gasteiger partial charge in [0.1, 0.15) is 23.1 Å². The molecule has 2 aromatic carbocycles. The monoisotopic (exact) mass is 300 g/mol. The molecule has 0 fully saturated rings. The maximum Gasteiger partial charge on any atom is 0.325 e. The van der Waals surface area contributed by atoms with Crippen LogP contribution < -0.4 is 9.47 Å². The van der Waals surface area contributed by atoms with Gasteiger partial charge in [-0.1, -0.05) is 6.07 Å². The van der Waals surface area contributed by atoms with Crippen molar-refractivity contribution in [2.24, 2.45) is 0 Å². The second kappa shape index (κ2) is 6.17. The van der Waals surface area contributed by atoms with Gasteiger partial charge < -0.3 is 9.47 Å². The van der Waals surface area contributed by atoms with E-state index in [4.69, 9.17) is 9.47 Å². The molecule has 0 atom stereocenters. The lowest BCUT2D eigenvalue weighted by Crippen LogP contribution is -1.94. The second-order valence-corrected chi connectivity index (χ2v) is 4.29. The van der Waals surface area contributed by atoms with Crippen molar-refractivity contribution in [2.75, 3.05) is 0 Å². The summed E-state index contributed by atoms with van der Waals surface area (Å²) in [6.45, 7) is 0. The van der Waals surface area contributed by atoms with Crippen LogP contribution in [0.1, 0.15) is 0 Å². The molecule has 0 radical (unpaired) electrons. The van der Waals surface area contributed by atoms with Gasteiger partial charge in [0.25, 0.3) is 0 Å². The van der Waals surface area contributed by atoms with Crippen LogP contribution in [0.15, 0.2) is 60.8 Å². The van der Waals surface area contributed by atoms with Gasteiger partial charge in [0.05, 0.1) is 0 Å². The first kappa shape index (κ1) is 13.9. The Morgan fingerprint density at radius 2 is 1.59 bits per heavy atom. The number of benzene rings is 2. The average Bonchev–Trinajstić information content (AvgIpc) is 2.50. The van der Waals surface area contributed by atoms with Crippen molar-refractivity contribution in [2.45, 2.75) is 0 Å². The van der Waals surface area contributed by atoms with Crippen LogP contribution in [-0.4, -0.2) is 9.97 Å². The van der Waals surface area contributed by atoms with Crippen LogP contribution in [0.4, 0.5) is 8.78 Å². The Hall–Kier alpha value is -3.02. The van der Waals surface area contributed by atoms with Gasteiger partial charge in [0.15, 0.2) is 0 Å². The van der Waals surface area contributed by atoms with Crippen LogP contribution in [0.3, 0.4) is 0 Å². The van der Waals surface area contributed by atoms with E-state index in [1.807, 2.05) is 0 Å². The zero-order valence-corrected chi connectivity index (χ0v) is 11.2. The van der Waals surface area contributed by atoms with Crippen molar-refractivity contribution < 1.29 is 18.3 Å². The Morgan fingerprint density at radius 3 is 2.36 bits per heavy atom. The highest BCUT2D eigenvalue weighted by molar-refractivity contribution is 5.29. The largest absolute Gasteiger partial charge is 0.439 e. The van der Waals surface area contributed by atoms with Crippen LogP contribution >= 0.6 is 0 Å². The predicted octanol–water partition coefficient (Wildman–Crippen LogP) is 4.34. The quantitative estimate of drug-likeness (QED) is 0.719. The third-order valence-corrected chi connectivity index (χ3v) is 2.65. The van der Waals surface area contributed by atoms with Gasteiger partial charge >= 0.3 is 6.01 Å². The molecule has 0 aliphatic rings. The molecule has 0 spiro atoms. The average molecular weight is 300 g/mol. The minimum absolute atomic E-state index is 0.0187. The maximum absolute atomic E-state index is 13.1. The molecule has 4 nitrogen and oxygen atoms in total. The van der Waals surface area contributed by atoms with Gasteiger partial charge in [-0.05, 0) is 36.4 Å². The second-order valence-electron chi connectivity index (χ2n) is 4.29. The molecule has 6 heteroatoms. The molecule has 0 N–H and O–H groups in total. The summed E-state index contributed by atoms with van der Waals surface area (Å²) in [7, 11) is 0. The smallest absolute Gasteiger partial charge is 0.325 e. The summed E-state index contributed by atoms with van der Waals surface area (Å²) < 4.78 is 36.7. The molecule has 110 valence electrons. The molecule has 1 aromatic heterocycles. The van der Waals surface area contributed by atoms with Gasteiger partial charge in [-0.3, -0.25) is 0 Å². The summed E-state index contributed by atoms with van der Waals surface area (Å²) in [6.07, 6.45) is 1.44. The molecule has 0 unspecified atom stereocenters. The molecule has 0 aliphatic heterocycles. The first-order valence-electron chi connectivity index (χ1n) is 6.39. The lowest BCUT2D eigenvalue weighted by Gasteiger charge is -2.07. The van der Waals surface area contributed by atoms with E-state index in [1.54, 1.807) is 6.07 Å². The molecule has 3 aromatic rings. The summed E-state index contributed by atoms with van der Waals surface area (Å²) in [5.41, 5.74) is 0. The van der Waals surface area contributed by atoms with Crippen molar-refractivity contribution >= 4 is 0 Å². The fraction of sp³-hybridized carbons (Fsp3) is 0. The van der Waals surface area contributed by atoms with Gasteiger partial charge in [-0.15, -0.1) is 0 Å². The van der Waals surface area contributed by atoms with Crippen molar-refractivity contribution in [3.63, 3.8) is 0 Å². The number of aromatic nitrogens is 2. The van der Waals surface area contributed by atoms with Gasteiger partial charge in [0.2, 0.25) is 5.88 Å². The zero-order chi connectivity index (χ0) is 15.4. The molecular weight excluding hydrogens is 290 g/mol. The van der Waals surface area contributed by atoms with Crippen LogP contribution in [0, 0.1) is 11.6 Å². The first-order chi connectivity index (χ1) is 10.7. The van der Waals surface area contributed by atoms with Crippen LogP contribution in [0.25, 0.3) is 0 Å². The molecular formula is C16H10F2N2O2. The van der Waals surface area contributed by atoms with Crippen molar-refractivity contribution in [1.82, 2.24) is 9.97 Å². The predicted molar refractivity (Wildman–Crippen MR) is 75.0 cm³/mol. The zero-order valence-electron chi connectivity index (χ0n) is 11.2. The summed E-state index contributed by atoms with van der Waals surface area (Å²) in [6, 6.07) is 12.7. The highest BCUT2D eigenvalue weighted by Gasteiger charge is 2.05. The van der Waals surface area contributed by atoms with Crippen molar-refractivity contribution in [1.29, 1.82) is 0 Å². The number of ether oxygens (including phenoxy) is 2. The minimum Gasteiger partial charge on any atom is -0.439 e. The van der Waals surface area contributed by atoms with E-state index in [0.29, 0.717) is 5.75 Å². The highest BCUT2D eigenvalue weighted by atomic mass is 19.1. The Balaban J connectivity index is 1.76. The molecule has 0 aliphatic carbocycles. The molecule has 0 bridgehead atoms. The standard InChI is InChI=1S/C16H10F2N2O2/c17-11-4-6-13(7-5-11)21-15-8-9-19-16(20-15)22-14-3-1-2-12(18)10-14/h1-10H. The molecule has 22 heavy (non-hydrogen) atoms. The van der Waals surface area contributed by atoms with Gasteiger partial charge in [-0.25, -0.2) is 13.8 Å². The van der Waals surface area contributed by atoms with E-state index in [2.05, 4.69) is 9.97 Å². The topological polar surface area (TPSA) is 44.2 Å². The van der Waals surface area contributed by atoms with Crippen molar-refractivity contribution in [3.05, 3.63) is 72.4 Å². The van der Waals surface area contributed by atoms with Gasteiger partial charge in [-0.2, -0.15) is 4.98 Å². The third kappa shape index (κ3) is 3.54. The molecule has 0 saturated carbocycles. The van der Waals surface area contributed by atoms with E-state index in [0.717, 1.165) is 0 Å². The molecule has 1 heterocycles. The summed E-state index contributed by atoms with van der Waals surface area (Å²) >= 11 is 0. The van der Waals surface area contributed by atoms with Crippen LogP contribution in [-0.2, 0) is 0 Å². The van der Waals surface area contributed by atoms with Gasteiger partial charge in [0, 0.05) is 18.3 Å². The Bertz CT molecular complexity index is 779. The number of rotatable bonds is 4. The lowest BCUT2D eigenvalue weighted by atomic mass is 10.3. The number of hydrogen-bond acceptors (Lipinski definition) is 4.